The number of carbonyl (C=O) groups excluding carboxylic acids is 2. The van der Waals surface area contributed by atoms with Gasteiger partial charge >= 0.3 is 5.97 Å². The minimum Gasteiger partial charge on any atom is -0.448 e. The Bertz CT molecular complexity index is 991. The third-order valence-electron chi connectivity index (χ3n) is 5.52. The third-order valence-corrected chi connectivity index (χ3v) is 8.42. The second-order valence-corrected chi connectivity index (χ2v) is 10.2. The molecule has 180 valence electrons. The predicted molar refractivity (Wildman–Crippen MR) is 134 cm³/mol. The van der Waals surface area contributed by atoms with E-state index in [0.29, 0.717) is 24.7 Å². The van der Waals surface area contributed by atoms with Gasteiger partial charge in [0.25, 0.3) is 8.53 Å². The van der Waals surface area contributed by atoms with Crippen LogP contribution in [0.4, 0.5) is 0 Å². The first-order valence-electron chi connectivity index (χ1n) is 11.3. The number of esters is 1. The van der Waals surface area contributed by atoms with E-state index in [1.54, 1.807) is 16.7 Å². The second-order valence-electron chi connectivity index (χ2n) is 7.84. The highest BCUT2D eigenvalue weighted by Gasteiger charge is 2.54. The van der Waals surface area contributed by atoms with Crippen LogP contribution in [0.25, 0.3) is 0 Å². The number of carbonyl (C=O) groups is 2. The SMILES string of the molecule is CCOP(NC1C(=O)N2C(C(=O)OC(c3ccccc3)c3ccccc3)=C(C)CSC12)OCC. The van der Waals surface area contributed by atoms with Crippen molar-refractivity contribution in [1.82, 2.24) is 9.99 Å². The van der Waals surface area contributed by atoms with E-state index in [9.17, 15) is 9.59 Å². The molecule has 2 atom stereocenters. The first kappa shape index (κ1) is 24.9. The first-order valence-corrected chi connectivity index (χ1v) is 13.5. The summed E-state index contributed by atoms with van der Waals surface area (Å²) in [6.07, 6.45) is -0.572. The number of fused-ring (bicyclic) bond motifs is 1. The average Bonchev–Trinajstić information content (AvgIpc) is 2.86. The number of hydrogen-bond donors (Lipinski definition) is 1. The molecule has 2 aliphatic rings. The molecule has 1 fully saturated rings. The lowest BCUT2D eigenvalue weighted by Crippen LogP contribution is -2.69. The molecule has 1 saturated heterocycles. The zero-order valence-corrected chi connectivity index (χ0v) is 21.2. The lowest BCUT2D eigenvalue weighted by molar-refractivity contribution is -0.153. The topological polar surface area (TPSA) is 77.1 Å². The molecule has 0 bridgehead atoms. The molecule has 9 heteroatoms. The Morgan fingerprint density at radius 3 is 2.15 bits per heavy atom. The molecule has 1 N–H and O–H groups in total. The van der Waals surface area contributed by atoms with Gasteiger partial charge in [0.15, 0.2) is 6.10 Å². The number of rotatable bonds is 10. The summed E-state index contributed by atoms with van der Waals surface area (Å²) in [5, 5.41) is 2.99. The van der Waals surface area contributed by atoms with Crippen LogP contribution < -0.4 is 5.09 Å². The van der Waals surface area contributed by atoms with Crippen LogP contribution in [0.1, 0.15) is 38.0 Å². The van der Waals surface area contributed by atoms with Crippen molar-refractivity contribution in [2.24, 2.45) is 0 Å². The highest BCUT2D eigenvalue weighted by Crippen LogP contribution is 2.45. The van der Waals surface area contributed by atoms with Crippen LogP contribution in [0, 0.1) is 0 Å². The first-order chi connectivity index (χ1) is 16.5. The van der Waals surface area contributed by atoms with E-state index >= 15 is 0 Å². The fraction of sp³-hybridized carbons (Fsp3) is 0.360. The Labute approximate surface area is 205 Å². The van der Waals surface area contributed by atoms with Crippen LogP contribution in [0.15, 0.2) is 71.9 Å². The molecule has 2 aliphatic heterocycles. The van der Waals surface area contributed by atoms with Gasteiger partial charge in [0.2, 0.25) is 5.91 Å². The van der Waals surface area contributed by atoms with Gasteiger partial charge < -0.3 is 13.8 Å². The van der Waals surface area contributed by atoms with Gasteiger partial charge in [-0.05, 0) is 37.5 Å². The van der Waals surface area contributed by atoms with Crippen molar-refractivity contribution in [3.8, 4) is 0 Å². The standard InChI is InChI=1S/C25H29N2O5PS/c1-4-30-33(31-5-2)26-20-23(28)27-21(17(3)16-34-24(20)27)25(29)32-22(18-12-8-6-9-13-18)19-14-10-7-11-15-19/h6-15,20,22,24,26H,4-5,16H2,1-3H3. The molecule has 0 aromatic heterocycles. The molecule has 0 aliphatic carbocycles. The molecule has 0 spiro atoms. The van der Waals surface area contributed by atoms with Gasteiger partial charge in [-0.3, -0.25) is 9.69 Å². The van der Waals surface area contributed by atoms with Gasteiger partial charge in [0, 0.05) is 5.75 Å². The smallest absolute Gasteiger partial charge is 0.356 e. The van der Waals surface area contributed by atoms with E-state index in [0.717, 1.165) is 16.7 Å². The Hall–Kier alpha value is -2.22. The van der Waals surface area contributed by atoms with E-state index in [-0.39, 0.29) is 11.3 Å². The van der Waals surface area contributed by atoms with Crippen molar-refractivity contribution in [2.75, 3.05) is 19.0 Å². The zero-order chi connectivity index (χ0) is 24.1. The highest BCUT2D eigenvalue weighted by molar-refractivity contribution is 8.00. The number of amides is 1. The number of hydrogen-bond acceptors (Lipinski definition) is 7. The van der Waals surface area contributed by atoms with E-state index in [1.807, 2.05) is 81.4 Å². The molecule has 2 unspecified atom stereocenters. The summed E-state index contributed by atoms with van der Waals surface area (Å²) in [5.74, 6) is -0.0323. The van der Waals surface area contributed by atoms with Gasteiger partial charge in [-0.25, -0.2) is 9.88 Å². The summed E-state index contributed by atoms with van der Waals surface area (Å²) in [7, 11) is -1.37. The molecule has 4 rings (SSSR count). The van der Waals surface area contributed by atoms with Gasteiger partial charge in [0.1, 0.15) is 17.1 Å². The third kappa shape index (κ3) is 5.21. The van der Waals surface area contributed by atoms with Crippen molar-refractivity contribution < 1.29 is 23.4 Å². The fourth-order valence-electron chi connectivity index (χ4n) is 3.96. The number of thioether (sulfide) groups is 1. The lowest BCUT2D eigenvalue weighted by atomic mass is 10.0. The van der Waals surface area contributed by atoms with E-state index < -0.39 is 26.6 Å². The van der Waals surface area contributed by atoms with Crippen molar-refractivity contribution in [3.05, 3.63) is 83.1 Å². The largest absolute Gasteiger partial charge is 0.448 e. The Morgan fingerprint density at radius 1 is 1.06 bits per heavy atom. The maximum atomic E-state index is 13.5. The Kier molecular flexibility index (Phi) is 8.40. The van der Waals surface area contributed by atoms with Crippen LogP contribution in [-0.2, 0) is 23.4 Å². The van der Waals surface area contributed by atoms with Crippen LogP contribution in [-0.4, -0.2) is 47.2 Å². The van der Waals surface area contributed by atoms with Crippen molar-refractivity contribution in [3.63, 3.8) is 0 Å². The molecular formula is C25H29N2O5PS. The maximum Gasteiger partial charge on any atom is 0.356 e. The lowest BCUT2D eigenvalue weighted by Gasteiger charge is -2.50. The second kappa shape index (κ2) is 11.5. The maximum absolute atomic E-state index is 13.5. The molecule has 1 amide bonds. The molecule has 0 saturated carbocycles. The van der Waals surface area contributed by atoms with Gasteiger partial charge in [-0.2, -0.15) is 0 Å². The number of β-lactam (4-membered cyclic amide) rings is 1. The molecular weight excluding hydrogens is 471 g/mol. The highest BCUT2D eigenvalue weighted by atomic mass is 32.2. The molecule has 7 nitrogen and oxygen atoms in total. The zero-order valence-electron chi connectivity index (χ0n) is 19.5. The summed E-state index contributed by atoms with van der Waals surface area (Å²) in [5.41, 5.74) is 2.90. The van der Waals surface area contributed by atoms with E-state index in [2.05, 4.69) is 5.09 Å². The van der Waals surface area contributed by atoms with Crippen molar-refractivity contribution in [1.29, 1.82) is 0 Å². The van der Waals surface area contributed by atoms with E-state index in [4.69, 9.17) is 13.8 Å². The Balaban J connectivity index is 1.54. The number of nitrogens with one attached hydrogen (secondary N) is 1. The summed E-state index contributed by atoms with van der Waals surface area (Å²) in [6.45, 7) is 6.62. The van der Waals surface area contributed by atoms with Gasteiger partial charge in [-0.15, -0.1) is 11.8 Å². The summed E-state index contributed by atoms with van der Waals surface area (Å²) < 4.78 is 17.3. The average molecular weight is 501 g/mol. The number of nitrogens with zero attached hydrogens (tertiary/aromatic N) is 1. The number of ether oxygens (including phenoxy) is 1. The van der Waals surface area contributed by atoms with Crippen LogP contribution in [0.3, 0.4) is 0 Å². The summed E-state index contributed by atoms with van der Waals surface area (Å²) >= 11 is 1.62. The van der Waals surface area contributed by atoms with Crippen LogP contribution in [0.2, 0.25) is 0 Å². The molecule has 2 aromatic carbocycles. The molecule has 2 heterocycles. The quantitative estimate of drug-likeness (QED) is 0.286. The molecule has 34 heavy (non-hydrogen) atoms. The number of benzene rings is 2. The van der Waals surface area contributed by atoms with Gasteiger partial charge in [-0.1, -0.05) is 60.7 Å². The van der Waals surface area contributed by atoms with E-state index in [1.165, 1.54) is 0 Å². The normalized spacial score (nSPS) is 19.9. The van der Waals surface area contributed by atoms with Crippen molar-refractivity contribution in [2.45, 2.75) is 38.3 Å². The van der Waals surface area contributed by atoms with Gasteiger partial charge in [0.05, 0.1) is 13.2 Å². The Morgan fingerprint density at radius 2 is 1.62 bits per heavy atom. The minimum absolute atomic E-state index is 0.175. The van der Waals surface area contributed by atoms with Crippen LogP contribution in [0.5, 0.6) is 0 Å². The monoisotopic (exact) mass is 500 g/mol. The molecule has 0 radical (unpaired) electrons. The van der Waals surface area contributed by atoms with Crippen LogP contribution >= 0.6 is 20.3 Å². The van der Waals surface area contributed by atoms with Crippen molar-refractivity contribution >= 4 is 32.2 Å². The molecule has 2 aromatic rings. The summed E-state index contributed by atoms with van der Waals surface area (Å²) in [4.78, 5) is 28.2. The predicted octanol–water partition coefficient (Wildman–Crippen LogP) is 4.77. The minimum atomic E-state index is -1.37. The summed E-state index contributed by atoms with van der Waals surface area (Å²) in [6, 6.07) is 18.8. The fourth-order valence-corrected chi connectivity index (χ4v) is 6.52.